The van der Waals surface area contributed by atoms with E-state index in [2.05, 4.69) is 10.2 Å². The maximum atomic E-state index is 13.0. The first kappa shape index (κ1) is 20.4. The molecule has 152 valence electrons. The van der Waals surface area contributed by atoms with Crippen molar-refractivity contribution in [2.45, 2.75) is 94.9 Å². The number of alkyl halides is 3. The normalized spacial score (nSPS) is 37.2. The molecule has 2 saturated carbocycles. The molecule has 3 rings (SSSR count). The highest BCUT2D eigenvalue weighted by Crippen LogP contribution is 2.42. The number of aliphatic hydroxyl groups is 1. The molecule has 0 amide bonds. The molecule has 1 aliphatic heterocycles. The second-order valence-corrected chi connectivity index (χ2v) is 8.66. The Hall–Kier alpha value is -0.330. The number of rotatable bonds is 5. The summed E-state index contributed by atoms with van der Waals surface area (Å²) in [6.45, 7) is 2.00. The number of nitrogens with zero attached hydrogens (tertiary/aromatic N) is 1. The summed E-state index contributed by atoms with van der Waals surface area (Å²) in [7, 11) is 0. The Kier molecular flexibility index (Phi) is 7.25. The zero-order valence-electron chi connectivity index (χ0n) is 15.8. The molecule has 0 bridgehead atoms. The minimum absolute atomic E-state index is 0.205. The van der Waals surface area contributed by atoms with Crippen LogP contribution < -0.4 is 5.32 Å². The number of hydrogen-bond donors (Lipinski definition) is 2. The molecule has 3 nitrogen and oxygen atoms in total. The average molecular weight is 377 g/mol. The summed E-state index contributed by atoms with van der Waals surface area (Å²) in [6, 6.07) is 1.30. The van der Waals surface area contributed by atoms with Crippen molar-refractivity contribution in [2.24, 2.45) is 11.8 Å². The first-order valence-corrected chi connectivity index (χ1v) is 10.7. The van der Waals surface area contributed by atoms with Gasteiger partial charge in [-0.2, -0.15) is 13.2 Å². The van der Waals surface area contributed by atoms with E-state index in [-0.39, 0.29) is 6.61 Å². The monoisotopic (exact) mass is 376 g/mol. The molecule has 0 aromatic rings. The lowest BCUT2D eigenvalue weighted by atomic mass is 9.79. The van der Waals surface area contributed by atoms with Crippen LogP contribution in [0.3, 0.4) is 0 Å². The Bertz CT molecular complexity index is 424. The molecule has 0 aromatic carbocycles. The Morgan fingerprint density at radius 3 is 2.35 bits per heavy atom. The minimum atomic E-state index is -4.02. The van der Waals surface area contributed by atoms with Crippen LogP contribution in [0.2, 0.25) is 0 Å². The molecule has 6 heteroatoms. The van der Waals surface area contributed by atoms with Crippen LogP contribution in [0.4, 0.5) is 13.2 Å². The summed E-state index contributed by atoms with van der Waals surface area (Å²) in [5.41, 5.74) is 0. The Morgan fingerprint density at radius 2 is 1.65 bits per heavy atom. The van der Waals surface area contributed by atoms with Gasteiger partial charge in [0.15, 0.2) is 0 Å². The molecule has 2 N–H and O–H groups in total. The summed E-state index contributed by atoms with van der Waals surface area (Å²) >= 11 is 0. The van der Waals surface area contributed by atoms with Gasteiger partial charge in [-0.3, -0.25) is 4.90 Å². The van der Waals surface area contributed by atoms with E-state index in [4.69, 9.17) is 5.11 Å². The number of nitrogens with one attached hydrogen (secondary N) is 1. The summed E-state index contributed by atoms with van der Waals surface area (Å²) < 4.78 is 39.1. The van der Waals surface area contributed by atoms with E-state index in [1.807, 2.05) is 0 Å². The van der Waals surface area contributed by atoms with Crippen molar-refractivity contribution in [1.29, 1.82) is 0 Å². The topological polar surface area (TPSA) is 35.5 Å². The molecule has 3 unspecified atom stereocenters. The van der Waals surface area contributed by atoms with Gasteiger partial charge in [-0.1, -0.05) is 12.8 Å². The molecular weight excluding hydrogens is 341 g/mol. The molecule has 2 aliphatic carbocycles. The first-order valence-electron chi connectivity index (χ1n) is 10.7. The third kappa shape index (κ3) is 5.14. The van der Waals surface area contributed by atoms with Crippen LogP contribution in [0, 0.1) is 11.8 Å². The van der Waals surface area contributed by atoms with Gasteiger partial charge in [0.05, 0.1) is 5.92 Å². The van der Waals surface area contributed by atoms with Crippen LogP contribution in [0.15, 0.2) is 0 Å². The molecule has 3 aliphatic rings. The predicted octanol–water partition coefficient (Wildman–Crippen LogP) is 4.10. The fourth-order valence-electron chi connectivity index (χ4n) is 5.56. The SMILES string of the molecule is OCCCNC1CCC2CCCCC2N(C2CCC(C(F)(F)F)CC2)C1. The highest BCUT2D eigenvalue weighted by atomic mass is 19.4. The molecular formula is C20H35F3N2O. The second-order valence-electron chi connectivity index (χ2n) is 8.66. The number of likely N-dealkylation sites (tertiary alicyclic amines) is 1. The molecule has 0 aromatic heterocycles. The number of aliphatic hydroxyl groups excluding tert-OH is 1. The average Bonchev–Trinajstić information content (AvgIpc) is 2.81. The number of fused-ring (bicyclic) bond motifs is 1. The first-order chi connectivity index (χ1) is 12.5. The Labute approximate surface area is 155 Å². The van der Waals surface area contributed by atoms with E-state index in [1.165, 1.54) is 32.1 Å². The van der Waals surface area contributed by atoms with Crippen LogP contribution in [-0.2, 0) is 0 Å². The molecule has 0 spiro atoms. The summed E-state index contributed by atoms with van der Waals surface area (Å²) in [5, 5.41) is 12.6. The quantitative estimate of drug-likeness (QED) is 0.709. The van der Waals surface area contributed by atoms with Gasteiger partial charge in [0.1, 0.15) is 0 Å². The second kappa shape index (κ2) is 9.24. The van der Waals surface area contributed by atoms with Gasteiger partial charge in [-0.15, -0.1) is 0 Å². The van der Waals surface area contributed by atoms with Crippen molar-refractivity contribution in [3.63, 3.8) is 0 Å². The predicted molar refractivity (Wildman–Crippen MR) is 97.0 cm³/mol. The number of halogens is 3. The maximum Gasteiger partial charge on any atom is 0.391 e. The highest BCUT2D eigenvalue weighted by Gasteiger charge is 2.44. The van der Waals surface area contributed by atoms with Gasteiger partial charge in [0.25, 0.3) is 0 Å². The highest BCUT2D eigenvalue weighted by molar-refractivity contribution is 4.94. The zero-order chi connectivity index (χ0) is 18.6. The summed E-state index contributed by atoms with van der Waals surface area (Å²) in [4.78, 5) is 2.61. The maximum absolute atomic E-state index is 13.0. The molecule has 3 atom stereocenters. The fourth-order valence-corrected chi connectivity index (χ4v) is 5.56. The van der Waals surface area contributed by atoms with E-state index in [1.54, 1.807) is 0 Å². The number of hydrogen-bond acceptors (Lipinski definition) is 3. The van der Waals surface area contributed by atoms with Gasteiger partial charge in [0, 0.05) is 31.3 Å². The van der Waals surface area contributed by atoms with E-state index in [9.17, 15) is 13.2 Å². The van der Waals surface area contributed by atoms with Crippen molar-refractivity contribution in [3.05, 3.63) is 0 Å². The fraction of sp³-hybridized carbons (Fsp3) is 1.00. The van der Waals surface area contributed by atoms with Crippen LogP contribution in [0.25, 0.3) is 0 Å². The lowest BCUT2D eigenvalue weighted by molar-refractivity contribution is -0.185. The van der Waals surface area contributed by atoms with Gasteiger partial charge in [-0.25, -0.2) is 0 Å². The molecule has 1 heterocycles. The lowest BCUT2D eigenvalue weighted by Crippen LogP contribution is -2.52. The van der Waals surface area contributed by atoms with Crippen molar-refractivity contribution in [2.75, 3.05) is 19.7 Å². The van der Waals surface area contributed by atoms with Crippen molar-refractivity contribution in [3.8, 4) is 0 Å². The Morgan fingerprint density at radius 1 is 0.923 bits per heavy atom. The van der Waals surface area contributed by atoms with Crippen LogP contribution >= 0.6 is 0 Å². The summed E-state index contributed by atoms with van der Waals surface area (Å²) in [6.07, 6.45) is 6.16. The molecule has 0 radical (unpaired) electrons. The van der Waals surface area contributed by atoms with E-state index in [0.717, 1.165) is 25.9 Å². The van der Waals surface area contributed by atoms with Gasteiger partial charge < -0.3 is 10.4 Å². The zero-order valence-corrected chi connectivity index (χ0v) is 15.8. The molecule has 26 heavy (non-hydrogen) atoms. The van der Waals surface area contributed by atoms with Crippen molar-refractivity contribution < 1.29 is 18.3 Å². The van der Waals surface area contributed by atoms with Crippen LogP contribution in [0.5, 0.6) is 0 Å². The third-order valence-electron chi connectivity index (χ3n) is 7.01. The third-order valence-corrected chi connectivity index (χ3v) is 7.01. The van der Waals surface area contributed by atoms with E-state index in [0.29, 0.717) is 49.7 Å². The van der Waals surface area contributed by atoms with E-state index < -0.39 is 12.1 Å². The van der Waals surface area contributed by atoms with Crippen molar-refractivity contribution in [1.82, 2.24) is 10.2 Å². The largest absolute Gasteiger partial charge is 0.396 e. The minimum Gasteiger partial charge on any atom is -0.396 e. The van der Waals surface area contributed by atoms with Crippen LogP contribution in [0.1, 0.15) is 70.6 Å². The van der Waals surface area contributed by atoms with E-state index >= 15 is 0 Å². The van der Waals surface area contributed by atoms with Gasteiger partial charge in [0.2, 0.25) is 0 Å². The van der Waals surface area contributed by atoms with Gasteiger partial charge in [-0.05, 0) is 70.3 Å². The van der Waals surface area contributed by atoms with Gasteiger partial charge >= 0.3 is 6.18 Å². The standard InChI is InChI=1S/C20H35F3N2O/c21-20(22,23)16-7-10-18(11-8-16)25-14-17(24-12-3-13-26)9-6-15-4-1-2-5-19(15)25/h15-19,24,26H,1-14H2. The lowest BCUT2D eigenvalue weighted by Gasteiger charge is -2.45. The molecule has 3 fully saturated rings. The Balaban J connectivity index is 1.64. The van der Waals surface area contributed by atoms with Crippen molar-refractivity contribution >= 4 is 0 Å². The molecule has 1 saturated heterocycles. The van der Waals surface area contributed by atoms with Crippen LogP contribution in [-0.4, -0.2) is 54.0 Å². The smallest absolute Gasteiger partial charge is 0.391 e. The summed E-state index contributed by atoms with van der Waals surface area (Å²) in [5.74, 6) is -0.375.